The van der Waals surface area contributed by atoms with E-state index >= 15 is 0 Å². The molecule has 2 aliphatic rings. The van der Waals surface area contributed by atoms with E-state index < -0.39 is 10.0 Å². The minimum Gasteiger partial charge on any atom is -0.496 e. The average molecular weight is 511 g/mol. The molecule has 0 unspecified atom stereocenters. The highest BCUT2D eigenvalue weighted by molar-refractivity contribution is 7.92. The third-order valence-corrected chi connectivity index (χ3v) is 8.16. The molecule has 1 N–H and O–H groups in total. The number of para-hydroxylation sites is 1. The summed E-state index contributed by atoms with van der Waals surface area (Å²) in [5.74, 6) is 3.46. The van der Waals surface area contributed by atoms with Crippen LogP contribution in [0.4, 0.5) is 5.82 Å². The second-order valence-corrected chi connectivity index (χ2v) is 10.7. The van der Waals surface area contributed by atoms with Gasteiger partial charge in [0.15, 0.2) is 11.4 Å². The Morgan fingerprint density at radius 3 is 2.50 bits per heavy atom. The van der Waals surface area contributed by atoms with E-state index in [0.29, 0.717) is 48.2 Å². The van der Waals surface area contributed by atoms with Gasteiger partial charge in [-0.3, -0.25) is 14.4 Å². The zero-order valence-electron chi connectivity index (χ0n) is 19.9. The lowest BCUT2D eigenvalue weighted by Gasteiger charge is -2.20. The van der Waals surface area contributed by atoms with Gasteiger partial charge in [-0.05, 0) is 47.6 Å². The highest BCUT2D eigenvalue weighted by atomic mass is 32.2. The molecule has 11 heteroatoms. The van der Waals surface area contributed by atoms with Gasteiger partial charge in [0.25, 0.3) is 15.9 Å². The number of methoxy groups -OCH3 is 2. The first kappa shape index (κ1) is 24.0. The number of nitrogens with one attached hydrogen (secondary N) is 1. The number of fused-ring (bicyclic) bond motifs is 2. The number of anilines is 1. The number of ether oxygens (including phenoxy) is 2. The van der Waals surface area contributed by atoms with Crippen molar-refractivity contribution in [1.82, 2.24) is 15.0 Å². The van der Waals surface area contributed by atoms with Crippen LogP contribution in [0, 0.1) is 24.2 Å². The van der Waals surface area contributed by atoms with Crippen LogP contribution in [0.2, 0.25) is 0 Å². The van der Waals surface area contributed by atoms with Crippen molar-refractivity contribution in [2.75, 3.05) is 45.1 Å². The van der Waals surface area contributed by atoms with E-state index in [-0.39, 0.29) is 22.4 Å². The minimum atomic E-state index is -3.99. The number of benzene rings is 2. The molecular formula is C25H26N4O6S. The van der Waals surface area contributed by atoms with Gasteiger partial charge in [-0.1, -0.05) is 17.3 Å². The van der Waals surface area contributed by atoms with Crippen LogP contribution in [0.25, 0.3) is 11.0 Å². The van der Waals surface area contributed by atoms with Gasteiger partial charge in [0.1, 0.15) is 21.8 Å². The fourth-order valence-electron chi connectivity index (χ4n) is 5.17. The molecule has 0 saturated carbocycles. The number of likely N-dealkylation sites (tertiary alicyclic amines) is 2. The molecule has 3 heterocycles. The fourth-order valence-corrected chi connectivity index (χ4v) is 6.35. The average Bonchev–Trinajstić information content (AvgIpc) is 3.56. The first-order valence-electron chi connectivity index (χ1n) is 11.4. The maximum atomic E-state index is 13.0. The summed E-state index contributed by atoms with van der Waals surface area (Å²) < 4.78 is 44.9. The zero-order valence-corrected chi connectivity index (χ0v) is 20.7. The molecule has 2 fully saturated rings. The predicted molar refractivity (Wildman–Crippen MR) is 132 cm³/mol. The van der Waals surface area contributed by atoms with Crippen LogP contribution >= 0.6 is 0 Å². The van der Waals surface area contributed by atoms with Crippen molar-refractivity contribution in [2.45, 2.75) is 11.4 Å². The Morgan fingerprint density at radius 1 is 1.14 bits per heavy atom. The minimum absolute atomic E-state index is 0.0127. The van der Waals surface area contributed by atoms with E-state index in [1.165, 1.54) is 20.3 Å². The molecule has 3 aromatic rings. The molecule has 188 valence electrons. The number of amides is 1. The Labute approximate surface area is 209 Å². The number of hydrogen-bond donors (Lipinski definition) is 1. The first-order valence-corrected chi connectivity index (χ1v) is 12.9. The van der Waals surface area contributed by atoms with Crippen LogP contribution in [0.5, 0.6) is 11.5 Å². The summed E-state index contributed by atoms with van der Waals surface area (Å²) in [5.41, 5.74) is 1.36. The Bertz CT molecular complexity index is 1450. The number of nitrogens with zero attached hydrogens (tertiary/aromatic N) is 3. The number of hydrogen-bond acceptors (Lipinski definition) is 8. The fraction of sp³-hybridized carbons (Fsp3) is 0.360. The molecule has 10 nitrogen and oxygen atoms in total. The quantitative estimate of drug-likeness (QED) is 0.481. The maximum absolute atomic E-state index is 13.0. The van der Waals surface area contributed by atoms with Gasteiger partial charge in [-0.2, -0.15) is 0 Å². The number of sulfonamides is 1. The topological polar surface area (TPSA) is 114 Å². The molecule has 2 saturated heterocycles. The van der Waals surface area contributed by atoms with Crippen LogP contribution < -0.4 is 14.2 Å². The lowest BCUT2D eigenvalue weighted by molar-refractivity contribution is -0.124. The summed E-state index contributed by atoms with van der Waals surface area (Å²) in [6.45, 7) is 3.75. The molecule has 2 atom stereocenters. The van der Waals surface area contributed by atoms with Gasteiger partial charge in [0, 0.05) is 32.7 Å². The van der Waals surface area contributed by atoms with E-state index in [1.54, 1.807) is 23.1 Å². The molecule has 1 aromatic heterocycles. The number of terminal acetylenes is 1. The van der Waals surface area contributed by atoms with Gasteiger partial charge in [-0.15, -0.1) is 6.42 Å². The lowest BCUT2D eigenvalue weighted by atomic mass is 10.0. The SMILES string of the molecule is C#CC(=O)N1C[C@H]2CN(Cc3cc(OC)c4c(NS(=O)(=O)c5ccccc5OC)noc4c3)C[C@H]2C1. The van der Waals surface area contributed by atoms with Gasteiger partial charge >= 0.3 is 0 Å². The van der Waals surface area contributed by atoms with Crippen molar-refractivity contribution < 1.29 is 27.2 Å². The number of carbonyl (C=O) groups excluding carboxylic acids is 1. The molecule has 0 bridgehead atoms. The van der Waals surface area contributed by atoms with Gasteiger partial charge in [0.2, 0.25) is 0 Å². The lowest BCUT2D eigenvalue weighted by Crippen LogP contribution is -2.32. The number of rotatable bonds is 7. The van der Waals surface area contributed by atoms with E-state index in [1.807, 2.05) is 12.1 Å². The summed E-state index contributed by atoms with van der Waals surface area (Å²) in [6, 6.07) is 10.0. The van der Waals surface area contributed by atoms with Crippen LogP contribution in [0.15, 0.2) is 45.8 Å². The molecule has 2 aliphatic heterocycles. The normalized spacial score (nSPS) is 19.8. The second kappa shape index (κ2) is 9.37. The van der Waals surface area contributed by atoms with Gasteiger partial charge < -0.3 is 18.9 Å². The first-order chi connectivity index (χ1) is 17.3. The number of aromatic nitrogens is 1. The van der Waals surface area contributed by atoms with Crippen molar-refractivity contribution in [3.05, 3.63) is 42.0 Å². The van der Waals surface area contributed by atoms with E-state index in [2.05, 4.69) is 20.7 Å². The molecule has 2 aromatic carbocycles. The van der Waals surface area contributed by atoms with Crippen LogP contribution in [-0.4, -0.2) is 69.7 Å². The molecule has 36 heavy (non-hydrogen) atoms. The second-order valence-electron chi connectivity index (χ2n) is 9.03. The zero-order chi connectivity index (χ0) is 25.4. The Hall–Kier alpha value is -3.75. The van der Waals surface area contributed by atoms with Crippen molar-refractivity contribution in [3.63, 3.8) is 0 Å². The Kier molecular flexibility index (Phi) is 6.24. The summed E-state index contributed by atoms with van der Waals surface area (Å²) in [5, 5.41) is 4.40. The maximum Gasteiger partial charge on any atom is 0.298 e. The Morgan fingerprint density at radius 2 is 1.83 bits per heavy atom. The predicted octanol–water partition coefficient (Wildman–Crippen LogP) is 2.17. The Balaban J connectivity index is 1.35. The molecule has 0 spiro atoms. The summed E-state index contributed by atoms with van der Waals surface area (Å²) in [7, 11) is -1.07. The van der Waals surface area contributed by atoms with Crippen molar-refractivity contribution >= 4 is 32.7 Å². The van der Waals surface area contributed by atoms with Crippen LogP contribution in [-0.2, 0) is 21.4 Å². The smallest absolute Gasteiger partial charge is 0.298 e. The number of carbonyl (C=O) groups is 1. The molecule has 5 rings (SSSR count). The standard InChI is InChI=1S/C25H26N4O6S/c1-4-23(30)29-14-17-12-28(13-18(17)15-29)11-16-9-20(34-3)24-21(10-16)35-26-25(24)27-36(31,32)22-8-6-5-7-19(22)33-2/h1,5-10,17-18H,11-15H2,2-3H3,(H,26,27)/t17-,18+. The van der Waals surface area contributed by atoms with Crippen molar-refractivity contribution in [1.29, 1.82) is 0 Å². The van der Waals surface area contributed by atoms with Crippen LogP contribution in [0.3, 0.4) is 0 Å². The third-order valence-electron chi connectivity index (χ3n) is 6.79. The van der Waals surface area contributed by atoms with Crippen molar-refractivity contribution in [2.24, 2.45) is 11.8 Å². The van der Waals surface area contributed by atoms with Gasteiger partial charge in [-0.25, -0.2) is 8.42 Å². The largest absolute Gasteiger partial charge is 0.496 e. The van der Waals surface area contributed by atoms with Gasteiger partial charge in [0.05, 0.1) is 14.2 Å². The van der Waals surface area contributed by atoms with Crippen LogP contribution in [0.1, 0.15) is 5.56 Å². The van der Waals surface area contributed by atoms with E-state index in [4.69, 9.17) is 20.4 Å². The monoisotopic (exact) mass is 510 g/mol. The summed E-state index contributed by atoms with van der Waals surface area (Å²) in [4.78, 5) is 15.9. The molecule has 0 aliphatic carbocycles. The van der Waals surface area contributed by atoms with Crippen molar-refractivity contribution in [3.8, 4) is 23.8 Å². The summed E-state index contributed by atoms with van der Waals surface area (Å²) >= 11 is 0. The van der Waals surface area contributed by atoms with E-state index in [0.717, 1.165) is 18.7 Å². The third kappa shape index (κ3) is 4.34. The molecular weight excluding hydrogens is 484 g/mol. The summed E-state index contributed by atoms with van der Waals surface area (Å²) in [6.07, 6.45) is 5.26. The highest BCUT2D eigenvalue weighted by Crippen LogP contribution is 2.37. The molecule has 1 amide bonds. The highest BCUT2D eigenvalue weighted by Gasteiger charge is 2.41. The van der Waals surface area contributed by atoms with E-state index in [9.17, 15) is 13.2 Å². The molecule has 0 radical (unpaired) electrons.